The molecular formula is C17H19N3O. The zero-order valence-electron chi connectivity index (χ0n) is 12.3. The predicted octanol–water partition coefficient (Wildman–Crippen LogP) is 3.31. The van der Waals surface area contributed by atoms with E-state index in [1.54, 1.807) is 10.8 Å². The highest BCUT2D eigenvalue weighted by atomic mass is 16.1. The molecule has 2 rings (SSSR count). The Morgan fingerprint density at radius 1 is 1.29 bits per heavy atom. The van der Waals surface area contributed by atoms with Gasteiger partial charge in [0.15, 0.2) is 0 Å². The summed E-state index contributed by atoms with van der Waals surface area (Å²) in [6.45, 7) is 4.44. The lowest BCUT2D eigenvalue weighted by Crippen LogP contribution is -2.13. The van der Waals surface area contributed by atoms with Gasteiger partial charge < -0.3 is 5.32 Å². The summed E-state index contributed by atoms with van der Waals surface area (Å²) in [6.07, 6.45) is 6.88. The molecule has 108 valence electrons. The van der Waals surface area contributed by atoms with Crippen LogP contribution < -0.4 is 5.32 Å². The summed E-state index contributed by atoms with van der Waals surface area (Å²) in [5.41, 5.74) is 2.01. The third kappa shape index (κ3) is 4.45. The normalized spacial score (nSPS) is 11.3. The molecule has 0 fully saturated rings. The van der Waals surface area contributed by atoms with Gasteiger partial charge in [0, 0.05) is 12.1 Å². The van der Waals surface area contributed by atoms with Gasteiger partial charge in [0.05, 0.1) is 12.2 Å². The van der Waals surface area contributed by atoms with Gasteiger partial charge in [-0.2, -0.15) is 5.10 Å². The number of aryl methyl sites for hydroxylation is 1. The highest BCUT2D eigenvalue weighted by Crippen LogP contribution is 2.13. The molecule has 0 aliphatic rings. The third-order valence-corrected chi connectivity index (χ3v) is 2.88. The molecule has 2 aromatic rings. The van der Waals surface area contributed by atoms with Crippen molar-refractivity contribution in [1.29, 1.82) is 0 Å². The summed E-state index contributed by atoms with van der Waals surface area (Å²) in [4.78, 5) is 11.8. The number of allylic oxidation sites excluding steroid dienone is 3. The zero-order valence-corrected chi connectivity index (χ0v) is 12.3. The van der Waals surface area contributed by atoms with Crippen molar-refractivity contribution in [3.05, 3.63) is 72.0 Å². The van der Waals surface area contributed by atoms with Crippen LogP contribution in [0.25, 0.3) is 0 Å². The van der Waals surface area contributed by atoms with E-state index in [0.29, 0.717) is 12.4 Å². The maximum Gasteiger partial charge on any atom is 0.249 e. The Bertz CT molecular complexity index is 654. The Kier molecular flexibility index (Phi) is 5.10. The number of nitrogens with zero attached hydrogens (tertiary/aromatic N) is 2. The van der Waals surface area contributed by atoms with Crippen LogP contribution in [-0.2, 0) is 11.3 Å². The number of anilines is 1. The molecule has 0 saturated heterocycles. The molecule has 0 saturated carbocycles. The summed E-state index contributed by atoms with van der Waals surface area (Å²) >= 11 is 0. The van der Waals surface area contributed by atoms with Gasteiger partial charge in [-0.1, -0.05) is 48.6 Å². The Labute approximate surface area is 124 Å². The molecule has 4 nitrogen and oxygen atoms in total. The number of benzene rings is 1. The van der Waals surface area contributed by atoms with Crippen molar-refractivity contribution in [1.82, 2.24) is 9.78 Å². The van der Waals surface area contributed by atoms with Gasteiger partial charge in [0.25, 0.3) is 0 Å². The lowest BCUT2D eigenvalue weighted by Gasteiger charge is -2.07. The molecule has 21 heavy (non-hydrogen) atoms. The van der Waals surface area contributed by atoms with Crippen molar-refractivity contribution < 1.29 is 4.79 Å². The fourth-order valence-electron chi connectivity index (χ4n) is 1.94. The first-order chi connectivity index (χ1) is 10.2. The summed E-state index contributed by atoms with van der Waals surface area (Å²) < 4.78 is 1.80. The molecule has 4 heteroatoms. The number of carbonyl (C=O) groups excluding carboxylic acids is 1. The largest absolute Gasteiger partial charge is 0.307 e. The van der Waals surface area contributed by atoms with Gasteiger partial charge in [-0.25, -0.2) is 4.68 Å². The van der Waals surface area contributed by atoms with Crippen LogP contribution in [0.15, 0.2) is 60.7 Å². The van der Waals surface area contributed by atoms with Gasteiger partial charge >= 0.3 is 0 Å². The number of rotatable bonds is 5. The van der Waals surface area contributed by atoms with Crippen molar-refractivity contribution in [2.75, 3.05) is 5.32 Å². The second-order valence-electron chi connectivity index (χ2n) is 4.69. The number of carbonyl (C=O) groups is 1. The highest BCUT2D eigenvalue weighted by molar-refractivity contribution is 5.98. The number of nitrogens with one attached hydrogen (secondary N) is 1. The highest BCUT2D eigenvalue weighted by Gasteiger charge is 2.07. The standard InChI is InChI=1S/C17H19N3O/c1-3-4-6-11-17(21)18-16-12-14(2)19-20(16)13-15-9-7-5-8-10-15/h3-12H,13H2,1-2H3,(H,18,21)/b4-3+,11-6+. The molecule has 0 unspecified atom stereocenters. The summed E-state index contributed by atoms with van der Waals surface area (Å²) in [6, 6.07) is 11.9. The van der Waals surface area contributed by atoms with E-state index in [0.717, 1.165) is 11.3 Å². The predicted molar refractivity (Wildman–Crippen MR) is 85.1 cm³/mol. The number of hydrogen-bond donors (Lipinski definition) is 1. The Hall–Kier alpha value is -2.62. The van der Waals surface area contributed by atoms with Gasteiger partial charge in [-0.3, -0.25) is 4.79 Å². The minimum atomic E-state index is -0.165. The average molecular weight is 281 g/mol. The number of hydrogen-bond acceptors (Lipinski definition) is 2. The summed E-state index contributed by atoms with van der Waals surface area (Å²) in [7, 11) is 0. The molecule has 1 amide bonds. The monoisotopic (exact) mass is 281 g/mol. The molecule has 1 aromatic carbocycles. The van der Waals surface area contributed by atoms with Crippen LogP contribution >= 0.6 is 0 Å². The fraction of sp³-hybridized carbons (Fsp3) is 0.176. The Morgan fingerprint density at radius 2 is 2.05 bits per heavy atom. The van der Waals surface area contributed by atoms with E-state index in [1.165, 1.54) is 6.08 Å². The van der Waals surface area contributed by atoms with E-state index in [9.17, 15) is 4.79 Å². The minimum Gasteiger partial charge on any atom is -0.307 e. The number of aromatic nitrogens is 2. The first-order valence-electron chi connectivity index (χ1n) is 6.88. The van der Waals surface area contributed by atoms with Crippen molar-refractivity contribution in [3.8, 4) is 0 Å². The van der Waals surface area contributed by atoms with Crippen molar-refractivity contribution in [2.45, 2.75) is 20.4 Å². The molecular weight excluding hydrogens is 262 g/mol. The second kappa shape index (κ2) is 7.24. The number of amides is 1. The minimum absolute atomic E-state index is 0.165. The third-order valence-electron chi connectivity index (χ3n) is 2.88. The zero-order chi connectivity index (χ0) is 15.1. The van der Waals surface area contributed by atoms with Crippen LogP contribution in [0.4, 0.5) is 5.82 Å². The van der Waals surface area contributed by atoms with Crippen LogP contribution in [0, 0.1) is 6.92 Å². The Balaban J connectivity index is 2.11. The molecule has 0 atom stereocenters. The van der Waals surface area contributed by atoms with E-state index >= 15 is 0 Å². The maximum absolute atomic E-state index is 11.8. The van der Waals surface area contributed by atoms with Gasteiger partial charge in [-0.15, -0.1) is 0 Å². The maximum atomic E-state index is 11.8. The van der Waals surface area contributed by atoms with E-state index in [2.05, 4.69) is 10.4 Å². The van der Waals surface area contributed by atoms with Gasteiger partial charge in [-0.05, 0) is 19.4 Å². The van der Waals surface area contributed by atoms with Crippen LogP contribution in [0.1, 0.15) is 18.2 Å². The topological polar surface area (TPSA) is 46.9 Å². The molecule has 1 heterocycles. The SMILES string of the molecule is C/C=C/C=C/C(=O)Nc1cc(C)nn1Cc1ccccc1. The molecule has 0 spiro atoms. The lowest BCUT2D eigenvalue weighted by molar-refractivity contribution is -0.111. The van der Waals surface area contributed by atoms with Gasteiger partial charge in [0.2, 0.25) is 5.91 Å². The quantitative estimate of drug-likeness (QED) is 0.675. The molecule has 0 aliphatic heterocycles. The van der Waals surface area contributed by atoms with Crippen LogP contribution in [0.5, 0.6) is 0 Å². The Morgan fingerprint density at radius 3 is 2.76 bits per heavy atom. The summed E-state index contributed by atoms with van der Waals surface area (Å²) in [5, 5.41) is 7.27. The summed E-state index contributed by atoms with van der Waals surface area (Å²) in [5.74, 6) is 0.536. The van der Waals surface area contributed by atoms with E-state index in [1.807, 2.05) is 62.4 Å². The van der Waals surface area contributed by atoms with Crippen molar-refractivity contribution >= 4 is 11.7 Å². The molecule has 1 aromatic heterocycles. The average Bonchev–Trinajstić information content (AvgIpc) is 2.80. The smallest absolute Gasteiger partial charge is 0.249 e. The van der Waals surface area contributed by atoms with Crippen molar-refractivity contribution in [3.63, 3.8) is 0 Å². The second-order valence-corrected chi connectivity index (χ2v) is 4.69. The van der Waals surface area contributed by atoms with Crippen LogP contribution in [-0.4, -0.2) is 15.7 Å². The molecule has 0 bridgehead atoms. The fourth-order valence-corrected chi connectivity index (χ4v) is 1.94. The van der Waals surface area contributed by atoms with Gasteiger partial charge in [0.1, 0.15) is 5.82 Å². The van der Waals surface area contributed by atoms with E-state index in [4.69, 9.17) is 0 Å². The lowest BCUT2D eigenvalue weighted by atomic mass is 10.2. The first-order valence-corrected chi connectivity index (χ1v) is 6.88. The van der Waals surface area contributed by atoms with Crippen LogP contribution in [0.2, 0.25) is 0 Å². The molecule has 0 aliphatic carbocycles. The van der Waals surface area contributed by atoms with E-state index in [-0.39, 0.29) is 5.91 Å². The van der Waals surface area contributed by atoms with E-state index < -0.39 is 0 Å². The van der Waals surface area contributed by atoms with Crippen LogP contribution in [0.3, 0.4) is 0 Å². The first kappa shape index (κ1) is 14.8. The molecule has 0 radical (unpaired) electrons. The van der Waals surface area contributed by atoms with Crippen molar-refractivity contribution in [2.24, 2.45) is 0 Å². The molecule has 1 N–H and O–H groups in total.